The summed E-state index contributed by atoms with van der Waals surface area (Å²) in [6.45, 7) is 1.44. The Morgan fingerprint density at radius 2 is 2.11 bits per heavy atom. The van der Waals surface area contributed by atoms with Gasteiger partial charge in [-0.2, -0.15) is 0 Å². The topological polar surface area (TPSA) is 59.2 Å². The van der Waals surface area contributed by atoms with E-state index < -0.39 is 0 Å². The van der Waals surface area contributed by atoms with E-state index in [0.29, 0.717) is 6.54 Å². The van der Waals surface area contributed by atoms with Crippen molar-refractivity contribution in [3.05, 3.63) is 42.0 Å². The number of imidazole rings is 1. The molecule has 0 aliphatic carbocycles. The van der Waals surface area contributed by atoms with E-state index in [1.165, 1.54) is 0 Å². The molecule has 0 fully saturated rings. The standard InChI is InChI=1S/C13H17N3O2/c1-17-12-5-3-4-10(13(12)18-2)6-14-7-11-8-15-9-16-11/h3-5,8-9,14H,6-7H2,1-2H3,(H,15,16). The van der Waals surface area contributed by atoms with E-state index in [-0.39, 0.29) is 0 Å². The Kier molecular flexibility index (Phi) is 4.20. The van der Waals surface area contributed by atoms with E-state index >= 15 is 0 Å². The molecule has 0 saturated heterocycles. The summed E-state index contributed by atoms with van der Waals surface area (Å²) in [5.74, 6) is 1.52. The third kappa shape index (κ3) is 2.81. The van der Waals surface area contributed by atoms with Crippen LogP contribution in [0.15, 0.2) is 30.7 Å². The zero-order valence-corrected chi connectivity index (χ0v) is 10.6. The van der Waals surface area contributed by atoms with Gasteiger partial charge in [-0.25, -0.2) is 4.98 Å². The Hall–Kier alpha value is -2.01. The summed E-state index contributed by atoms with van der Waals surface area (Å²) in [7, 11) is 3.29. The monoisotopic (exact) mass is 247 g/mol. The fourth-order valence-corrected chi connectivity index (χ4v) is 1.81. The number of benzene rings is 1. The van der Waals surface area contributed by atoms with Gasteiger partial charge in [0.2, 0.25) is 0 Å². The summed E-state index contributed by atoms with van der Waals surface area (Å²) >= 11 is 0. The second-order valence-corrected chi connectivity index (χ2v) is 3.83. The summed E-state index contributed by atoms with van der Waals surface area (Å²) in [5, 5.41) is 3.32. The minimum Gasteiger partial charge on any atom is -0.493 e. The van der Waals surface area contributed by atoms with Crippen molar-refractivity contribution in [2.75, 3.05) is 14.2 Å². The van der Waals surface area contributed by atoms with Crippen LogP contribution in [0.5, 0.6) is 11.5 Å². The molecule has 1 heterocycles. The lowest BCUT2D eigenvalue weighted by molar-refractivity contribution is 0.350. The molecule has 0 atom stereocenters. The molecule has 0 bridgehead atoms. The fraction of sp³-hybridized carbons (Fsp3) is 0.308. The highest BCUT2D eigenvalue weighted by Gasteiger charge is 2.08. The van der Waals surface area contributed by atoms with Crippen LogP contribution in [0.4, 0.5) is 0 Å². The van der Waals surface area contributed by atoms with Gasteiger partial charge < -0.3 is 19.8 Å². The first-order chi connectivity index (χ1) is 8.85. The minimum atomic E-state index is 0.708. The van der Waals surface area contributed by atoms with Crippen LogP contribution in [-0.4, -0.2) is 24.2 Å². The molecule has 2 aromatic rings. The predicted molar refractivity (Wildman–Crippen MR) is 68.7 cm³/mol. The van der Waals surface area contributed by atoms with Gasteiger partial charge in [0.1, 0.15) is 0 Å². The van der Waals surface area contributed by atoms with Crippen molar-refractivity contribution in [1.29, 1.82) is 0 Å². The quantitative estimate of drug-likeness (QED) is 0.816. The molecule has 1 aromatic heterocycles. The Balaban J connectivity index is 2.00. The van der Waals surface area contributed by atoms with Crippen molar-refractivity contribution in [3.8, 4) is 11.5 Å². The molecule has 0 aliphatic heterocycles. The number of H-pyrrole nitrogens is 1. The molecular formula is C13H17N3O2. The number of aromatic amines is 1. The zero-order chi connectivity index (χ0) is 12.8. The van der Waals surface area contributed by atoms with Crippen LogP contribution in [0.25, 0.3) is 0 Å². The molecule has 0 radical (unpaired) electrons. The maximum Gasteiger partial charge on any atom is 0.165 e. The lowest BCUT2D eigenvalue weighted by atomic mass is 10.2. The van der Waals surface area contributed by atoms with Crippen molar-refractivity contribution in [2.45, 2.75) is 13.1 Å². The largest absolute Gasteiger partial charge is 0.493 e. The van der Waals surface area contributed by atoms with E-state index in [0.717, 1.165) is 29.3 Å². The second-order valence-electron chi connectivity index (χ2n) is 3.83. The normalized spacial score (nSPS) is 10.3. The molecule has 2 N–H and O–H groups in total. The number of nitrogens with zero attached hydrogens (tertiary/aromatic N) is 1. The predicted octanol–water partition coefficient (Wildman–Crippen LogP) is 1.72. The SMILES string of the molecule is COc1cccc(CNCc2cnc[nH]2)c1OC. The third-order valence-corrected chi connectivity index (χ3v) is 2.67. The van der Waals surface area contributed by atoms with Crippen LogP contribution in [-0.2, 0) is 13.1 Å². The maximum absolute atomic E-state index is 5.37. The van der Waals surface area contributed by atoms with Crippen molar-refractivity contribution in [2.24, 2.45) is 0 Å². The number of rotatable bonds is 6. The smallest absolute Gasteiger partial charge is 0.165 e. The summed E-state index contributed by atoms with van der Waals surface area (Å²) in [6.07, 6.45) is 3.47. The lowest BCUT2D eigenvalue weighted by Crippen LogP contribution is -2.13. The zero-order valence-electron chi connectivity index (χ0n) is 10.6. The lowest BCUT2D eigenvalue weighted by Gasteiger charge is -2.12. The molecule has 0 amide bonds. The van der Waals surface area contributed by atoms with Crippen molar-refractivity contribution < 1.29 is 9.47 Å². The molecule has 0 spiro atoms. The molecule has 2 rings (SSSR count). The van der Waals surface area contributed by atoms with Gasteiger partial charge in [-0.3, -0.25) is 0 Å². The van der Waals surface area contributed by atoms with Crippen molar-refractivity contribution >= 4 is 0 Å². The third-order valence-electron chi connectivity index (χ3n) is 2.67. The summed E-state index contributed by atoms with van der Waals surface area (Å²) in [6, 6.07) is 5.85. The average molecular weight is 247 g/mol. The highest BCUT2D eigenvalue weighted by Crippen LogP contribution is 2.30. The van der Waals surface area contributed by atoms with Crippen LogP contribution >= 0.6 is 0 Å². The summed E-state index contributed by atoms with van der Waals surface area (Å²) in [4.78, 5) is 7.01. The maximum atomic E-state index is 5.37. The number of hydrogen-bond acceptors (Lipinski definition) is 4. The van der Waals surface area contributed by atoms with E-state index in [4.69, 9.17) is 9.47 Å². The Morgan fingerprint density at radius 3 is 2.78 bits per heavy atom. The molecule has 0 aliphatic rings. The van der Waals surface area contributed by atoms with Gasteiger partial charge in [-0.1, -0.05) is 12.1 Å². The number of aromatic nitrogens is 2. The van der Waals surface area contributed by atoms with E-state index in [1.54, 1.807) is 26.7 Å². The number of methoxy groups -OCH3 is 2. The first-order valence-electron chi connectivity index (χ1n) is 5.73. The van der Waals surface area contributed by atoms with Gasteiger partial charge in [-0.15, -0.1) is 0 Å². The van der Waals surface area contributed by atoms with Gasteiger partial charge in [0.15, 0.2) is 11.5 Å². The average Bonchev–Trinajstić information content (AvgIpc) is 2.91. The number of hydrogen-bond donors (Lipinski definition) is 2. The van der Waals surface area contributed by atoms with Crippen LogP contribution in [0.2, 0.25) is 0 Å². The second kappa shape index (κ2) is 6.07. The van der Waals surface area contributed by atoms with Crippen molar-refractivity contribution in [1.82, 2.24) is 15.3 Å². The minimum absolute atomic E-state index is 0.708. The van der Waals surface area contributed by atoms with Gasteiger partial charge >= 0.3 is 0 Å². The van der Waals surface area contributed by atoms with Crippen LogP contribution in [0.1, 0.15) is 11.3 Å². The van der Waals surface area contributed by atoms with Gasteiger partial charge in [0, 0.05) is 30.5 Å². The summed E-state index contributed by atoms with van der Waals surface area (Å²) < 4.78 is 10.6. The van der Waals surface area contributed by atoms with E-state index in [9.17, 15) is 0 Å². The Morgan fingerprint density at radius 1 is 1.22 bits per heavy atom. The molecular weight excluding hydrogens is 230 g/mol. The summed E-state index contributed by atoms with van der Waals surface area (Å²) in [5.41, 5.74) is 2.12. The molecule has 18 heavy (non-hydrogen) atoms. The molecule has 1 aromatic carbocycles. The highest BCUT2D eigenvalue weighted by atomic mass is 16.5. The number of ether oxygens (including phenoxy) is 2. The molecule has 5 nitrogen and oxygen atoms in total. The first-order valence-corrected chi connectivity index (χ1v) is 5.73. The van der Waals surface area contributed by atoms with E-state index in [1.807, 2.05) is 18.2 Å². The number of para-hydroxylation sites is 1. The van der Waals surface area contributed by atoms with Crippen LogP contribution in [0.3, 0.4) is 0 Å². The molecule has 0 unspecified atom stereocenters. The Labute approximate surface area is 106 Å². The number of nitrogens with one attached hydrogen (secondary N) is 2. The fourth-order valence-electron chi connectivity index (χ4n) is 1.81. The molecule has 0 saturated carbocycles. The van der Waals surface area contributed by atoms with Gasteiger partial charge in [0.05, 0.1) is 20.5 Å². The van der Waals surface area contributed by atoms with Crippen LogP contribution < -0.4 is 14.8 Å². The van der Waals surface area contributed by atoms with Gasteiger partial charge in [-0.05, 0) is 6.07 Å². The van der Waals surface area contributed by atoms with Crippen molar-refractivity contribution in [3.63, 3.8) is 0 Å². The van der Waals surface area contributed by atoms with Crippen LogP contribution in [0, 0.1) is 0 Å². The Bertz CT molecular complexity index is 483. The first kappa shape index (κ1) is 12.4. The molecule has 96 valence electrons. The molecule has 5 heteroatoms. The highest BCUT2D eigenvalue weighted by molar-refractivity contribution is 5.46. The van der Waals surface area contributed by atoms with E-state index in [2.05, 4.69) is 15.3 Å². The van der Waals surface area contributed by atoms with Gasteiger partial charge in [0.25, 0.3) is 0 Å².